The Kier molecular flexibility index (Phi) is 4.65. The number of carbonyl (C=O) groups is 1. The van der Waals surface area contributed by atoms with Crippen molar-refractivity contribution in [3.05, 3.63) is 54.2 Å². The van der Waals surface area contributed by atoms with E-state index in [4.69, 9.17) is 11.5 Å². The second-order valence-corrected chi connectivity index (χ2v) is 6.18. The number of carbonyl (C=O) groups excluding carboxylic acids is 1. The Morgan fingerprint density at radius 2 is 1.83 bits per heavy atom. The number of hydrogen-bond acceptors (Lipinski definition) is 8. The van der Waals surface area contributed by atoms with Crippen LogP contribution in [-0.4, -0.2) is 37.9 Å². The number of pyridine rings is 1. The quantitative estimate of drug-likeness (QED) is 0.481. The van der Waals surface area contributed by atoms with Crippen LogP contribution in [-0.2, 0) is 11.3 Å². The number of nitrogens with zero attached hydrogens (tertiary/aromatic N) is 5. The molecule has 29 heavy (non-hydrogen) atoms. The first-order valence-electron chi connectivity index (χ1n) is 8.70. The molecule has 3 aromatic heterocycles. The monoisotopic (exact) mass is 390 g/mol. The number of anilines is 3. The minimum absolute atomic E-state index is 0.00699. The van der Waals surface area contributed by atoms with Crippen molar-refractivity contribution in [1.82, 2.24) is 24.7 Å². The second-order valence-electron chi connectivity index (χ2n) is 6.18. The summed E-state index contributed by atoms with van der Waals surface area (Å²) in [5.74, 6) is 0.250. The molecule has 0 atom stereocenters. The highest BCUT2D eigenvalue weighted by Crippen LogP contribution is 2.30. The first kappa shape index (κ1) is 18.2. The standard InChI is InChI=1S/C19H18N8O2/c1-29-19(28)23-14-15(20)24-17(25-16(14)21)13-12-8-5-9-22-18(12)27(26-13)10-11-6-3-2-4-7-11/h2-9H,10H2,1H3,(H,23,28)(H4,20,21,24,25). The molecule has 10 heteroatoms. The van der Waals surface area contributed by atoms with Gasteiger partial charge in [0.25, 0.3) is 0 Å². The highest BCUT2D eigenvalue weighted by atomic mass is 16.5. The van der Waals surface area contributed by atoms with Crippen LogP contribution in [0, 0.1) is 0 Å². The van der Waals surface area contributed by atoms with Gasteiger partial charge in [0.1, 0.15) is 11.4 Å². The molecular weight excluding hydrogens is 372 g/mol. The van der Waals surface area contributed by atoms with Crippen molar-refractivity contribution in [3.63, 3.8) is 0 Å². The molecular formula is C19H18N8O2. The molecule has 146 valence electrons. The van der Waals surface area contributed by atoms with Crippen LogP contribution in [0.2, 0.25) is 0 Å². The maximum absolute atomic E-state index is 11.5. The van der Waals surface area contributed by atoms with Crippen molar-refractivity contribution in [1.29, 1.82) is 0 Å². The van der Waals surface area contributed by atoms with Crippen LogP contribution < -0.4 is 16.8 Å². The zero-order valence-corrected chi connectivity index (χ0v) is 15.5. The summed E-state index contributed by atoms with van der Waals surface area (Å²) < 4.78 is 6.33. The number of fused-ring (bicyclic) bond motifs is 1. The van der Waals surface area contributed by atoms with Gasteiger partial charge in [0.05, 0.1) is 19.0 Å². The third-order valence-electron chi connectivity index (χ3n) is 4.27. The third kappa shape index (κ3) is 3.50. The van der Waals surface area contributed by atoms with Crippen molar-refractivity contribution >= 4 is 34.4 Å². The number of nitrogen functional groups attached to an aromatic ring is 2. The SMILES string of the molecule is COC(=O)Nc1c(N)nc(-c2nn(Cc3ccccc3)c3ncccc23)nc1N. The summed E-state index contributed by atoms with van der Waals surface area (Å²) in [5.41, 5.74) is 14.3. The second kappa shape index (κ2) is 7.43. The normalized spacial score (nSPS) is 10.8. The van der Waals surface area contributed by atoms with Gasteiger partial charge in [-0.15, -0.1) is 0 Å². The zero-order valence-electron chi connectivity index (χ0n) is 15.5. The highest BCUT2D eigenvalue weighted by molar-refractivity contribution is 5.94. The molecule has 0 bridgehead atoms. The van der Waals surface area contributed by atoms with Gasteiger partial charge in [-0.1, -0.05) is 30.3 Å². The molecule has 0 saturated carbocycles. The van der Waals surface area contributed by atoms with Crippen LogP contribution in [0.3, 0.4) is 0 Å². The summed E-state index contributed by atoms with van der Waals surface area (Å²) in [6, 6.07) is 13.6. The Labute approximate surface area is 165 Å². The Bertz CT molecular complexity index is 1170. The minimum Gasteiger partial charge on any atom is -0.453 e. The van der Waals surface area contributed by atoms with E-state index in [0.717, 1.165) is 10.9 Å². The van der Waals surface area contributed by atoms with Gasteiger partial charge in [0.15, 0.2) is 23.1 Å². The molecule has 0 unspecified atom stereocenters. The van der Waals surface area contributed by atoms with E-state index in [0.29, 0.717) is 17.9 Å². The summed E-state index contributed by atoms with van der Waals surface area (Å²) in [4.78, 5) is 24.5. The maximum Gasteiger partial charge on any atom is 0.411 e. The lowest BCUT2D eigenvalue weighted by Crippen LogP contribution is -2.16. The number of ether oxygens (including phenoxy) is 1. The zero-order chi connectivity index (χ0) is 20.4. The summed E-state index contributed by atoms with van der Waals surface area (Å²) in [6.07, 6.45) is 0.976. The van der Waals surface area contributed by atoms with Crippen LogP contribution in [0.1, 0.15) is 5.56 Å². The number of hydrogen-bond donors (Lipinski definition) is 3. The van der Waals surface area contributed by atoms with Gasteiger partial charge in [-0.25, -0.2) is 24.4 Å². The van der Waals surface area contributed by atoms with Gasteiger partial charge < -0.3 is 16.2 Å². The summed E-state index contributed by atoms with van der Waals surface area (Å²) in [5, 5.41) is 7.82. The van der Waals surface area contributed by atoms with Gasteiger partial charge in [0.2, 0.25) is 0 Å². The Hall–Kier alpha value is -4.21. The van der Waals surface area contributed by atoms with Gasteiger partial charge in [-0.3, -0.25) is 5.32 Å². The predicted octanol–water partition coefficient (Wildman–Crippen LogP) is 2.28. The van der Waals surface area contributed by atoms with Crippen LogP contribution in [0.4, 0.5) is 22.1 Å². The van der Waals surface area contributed by atoms with Crippen LogP contribution >= 0.6 is 0 Å². The minimum atomic E-state index is -0.721. The number of benzene rings is 1. The van der Waals surface area contributed by atoms with Gasteiger partial charge >= 0.3 is 6.09 Å². The van der Waals surface area contributed by atoms with E-state index in [1.165, 1.54) is 7.11 Å². The third-order valence-corrected chi connectivity index (χ3v) is 4.27. The van der Waals surface area contributed by atoms with E-state index in [9.17, 15) is 4.79 Å². The van der Waals surface area contributed by atoms with Crippen LogP contribution in [0.25, 0.3) is 22.6 Å². The van der Waals surface area contributed by atoms with Crippen molar-refractivity contribution in [2.75, 3.05) is 23.9 Å². The van der Waals surface area contributed by atoms with E-state index in [2.05, 4.69) is 30.1 Å². The Morgan fingerprint density at radius 1 is 1.10 bits per heavy atom. The van der Waals surface area contributed by atoms with Crippen LogP contribution in [0.15, 0.2) is 48.7 Å². The van der Waals surface area contributed by atoms with E-state index < -0.39 is 6.09 Å². The highest BCUT2D eigenvalue weighted by Gasteiger charge is 2.19. The smallest absolute Gasteiger partial charge is 0.411 e. The van der Waals surface area contributed by atoms with E-state index in [1.807, 2.05) is 36.4 Å². The van der Waals surface area contributed by atoms with E-state index >= 15 is 0 Å². The molecule has 1 amide bonds. The molecule has 4 aromatic rings. The molecule has 3 heterocycles. The molecule has 0 fully saturated rings. The number of rotatable bonds is 4. The van der Waals surface area contributed by atoms with Crippen molar-refractivity contribution < 1.29 is 9.53 Å². The lowest BCUT2D eigenvalue weighted by Gasteiger charge is -2.10. The fourth-order valence-electron chi connectivity index (χ4n) is 2.92. The fraction of sp³-hybridized carbons (Fsp3) is 0.105. The average molecular weight is 390 g/mol. The van der Waals surface area contributed by atoms with E-state index in [1.54, 1.807) is 16.9 Å². The summed E-state index contributed by atoms with van der Waals surface area (Å²) in [6.45, 7) is 0.529. The molecule has 0 aliphatic rings. The molecule has 0 saturated heterocycles. The number of aromatic nitrogens is 5. The molecule has 4 rings (SSSR count). The Balaban J connectivity index is 1.79. The van der Waals surface area contributed by atoms with Crippen LogP contribution in [0.5, 0.6) is 0 Å². The van der Waals surface area contributed by atoms with Crippen molar-refractivity contribution in [2.24, 2.45) is 0 Å². The fourth-order valence-corrected chi connectivity index (χ4v) is 2.92. The molecule has 0 radical (unpaired) electrons. The van der Waals surface area contributed by atoms with Crippen molar-refractivity contribution in [3.8, 4) is 11.5 Å². The first-order valence-corrected chi connectivity index (χ1v) is 8.70. The van der Waals surface area contributed by atoms with Gasteiger partial charge in [-0.2, -0.15) is 5.10 Å². The van der Waals surface area contributed by atoms with Gasteiger partial charge in [-0.05, 0) is 17.7 Å². The largest absolute Gasteiger partial charge is 0.453 e. The van der Waals surface area contributed by atoms with Gasteiger partial charge in [0, 0.05) is 6.20 Å². The molecule has 1 aromatic carbocycles. The lowest BCUT2D eigenvalue weighted by molar-refractivity contribution is 0.187. The first-order chi connectivity index (χ1) is 14.1. The number of methoxy groups -OCH3 is 1. The number of nitrogens with one attached hydrogen (secondary N) is 1. The van der Waals surface area contributed by atoms with E-state index in [-0.39, 0.29) is 23.1 Å². The molecule has 0 aliphatic heterocycles. The maximum atomic E-state index is 11.5. The van der Waals surface area contributed by atoms with Crippen molar-refractivity contribution in [2.45, 2.75) is 6.54 Å². The Morgan fingerprint density at radius 3 is 2.52 bits per heavy atom. The summed E-state index contributed by atoms with van der Waals surface area (Å²) in [7, 11) is 1.23. The number of nitrogens with two attached hydrogens (primary N) is 2. The lowest BCUT2D eigenvalue weighted by atomic mass is 10.2. The molecule has 10 nitrogen and oxygen atoms in total. The molecule has 0 aliphatic carbocycles. The molecule has 0 spiro atoms. The predicted molar refractivity (Wildman–Crippen MR) is 109 cm³/mol. The molecule has 5 N–H and O–H groups in total. The number of amides is 1. The topological polar surface area (TPSA) is 147 Å². The summed E-state index contributed by atoms with van der Waals surface area (Å²) >= 11 is 0. The average Bonchev–Trinajstić information content (AvgIpc) is 3.10.